The third-order valence-corrected chi connectivity index (χ3v) is 6.00. The van der Waals surface area contributed by atoms with E-state index in [2.05, 4.69) is 27.3 Å². The summed E-state index contributed by atoms with van der Waals surface area (Å²) < 4.78 is 10.7. The van der Waals surface area contributed by atoms with Crippen molar-refractivity contribution in [2.45, 2.75) is 51.9 Å². The first-order chi connectivity index (χ1) is 15.6. The van der Waals surface area contributed by atoms with E-state index in [1.54, 1.807) is 20.2 Å². The summed E-state index contributed by atoms with van der Waals surface area (Å²) in [5.74, 6) is 2.26. The van der Waals surface area contributed by atoms with Gasteiger partial charge in [0.25, 0.3) is 0 Å². The van der Waals surface area contributed by atoms with Gasteiger partial charge in [0.2, 0.25) is 23.6 Å². The molecule has 0 atom stereocenters. The molecule has 0 N–H and O–H groups in total. The van der Waals surface area contributed by atoms with E-state index in [1.165, 1.54) is 0 Å². The van der Waals surface area contributed by atoms with Gasteiger partial charge in [0.05, 0.1) is 7.11 Å². The van der Waals surface area contributed by atoms with Crippen molar-refractivity contribution in [1.82, 2.24) is 15.2 Å². The average Bonchev–Trinajstić information content (AvgIpc) is 3.20. The average molecular weight is 435 g/mol. The number of benzene rings is 1. The summed E-state index contributed by atoms with van der Waals surface area (Å²) in [7, 11) is 1.61. The lowest BCUT2D eigenvalue weighted by Gasteiger charge is -2.32. The molecule has 2 heterocycles. The van der Waals surface area contributed by atoms with Gasteiger partial charge in [0.15, 0.2) is 0 Å². The molecule has 0 bridgehead atoms. The number of unbranched alkanes of at least 4 members (excludes halogenated alkanes) is 2. The van der Waals surface area contributed by atoms with Crippen LogP contribution in [0, 0.1) is 12.8 Å². The highest BCUT2D eigenvalue weighted by Gasteiger charge is 2.30. The standard InChI is InChI=1S/C25H30N4O3/c1-18-27-28-23(32-18)12-4-3-5-15-29(25(30)19-8-6-9-19)22-11-7-10-20(16-22)21-13-14-26-24(17-21)31-2/h7,10-11,13-14,16-17,19H,3-6,8-9,12,15H2,1-2H3. The number of aryl methyl sites for hydroxylation is 2. The van der Waals surface area contributed by atoms with Crippen LogP contribution >= 0.6 is 0 Å². The molecule has 0 spiro atoms. The Bertz CT molecular complexity index is 1040. The maximum absolute atomic E-state index is 13.2. The van der Waals surface area contributed by atoms with Crippen molar-refractivity contribution in [2.24, 2.45) is 5.92 Å². The molecule has 2 aromatic heterocycles. The number of ether oxygens (including phenoxy) is 1. The predicted octanol–water partition coefficient (Wildman–Crippen LogP) is 4.99. The van der Waals surface area contributed by atoms with E-state index >= 15 is 0 Å². The molecule has 0 radical (unpaired) electrons. The fraction of sp³-hybridized carbons (Fsp3) is 0.440. The minimum absolute atomic E-state index is 0.154. The van der Waals surface area contributed by atoms with Crippen LogP contribution in [-0.2, 0) is 11.2 Å². The van der Waals surface area contributed by atoms with Crippen LogP contribution in [0.15, 0.2) is 47.0 Å². The molecule has 1 amide bonds. The number of methoxy groups -OCH3 is 1. The van der Waals surface area contributed by atoms with E-state index < -0.39 is 0 Å². The van der Waals surface area contributed by atoms with Gasteiger partial charge in [-0.2, -0.15) is 0 Å². The van der Waals surface area contributed by atoms with Gasteiger partial charge >= 0.3 is 0 Å². The number of amides is 1. The van der Waals surface area contributed by atoms with Gasteiger partial charge in [-0.15, -0.1) is 10.2 Å². The van der Waals surface area contributed by atoms with Crippen LogP contribution in [0.4, 0.5) is 5.69 Å². The predicted molar refractivity (Wildman–Crippen MR) is 123 cm³/mol. The second kappa shape index (κ2) is 10.4. The maximum Gasteiger partial charge on any atom is 0.230 e. The molecule has 1 saturated carbocycles. The lowest BCUT2D eigenvalue weighted by molar-refractivity contribution is -0.124. The third-order valence-electron chi connectivity index (χ3n) is 6.00. The van der Waals surface area contributed by atoms with Crippen molar-refractivity contribution in [3.05, 3.63) is 54.4 Å². The number of hydrogen-bond acceptors (Lipinski definition) is 6. The molecule has 1 fully saturated rings. The summed E-state index contributed by atoms with van der Waals surface area (Å²) >= 11 is 0. The van der Waals surface area contributed by atoms with Gasteiger partial charge in [-0.25, -0.2) is 4.98 Å². The van der Waals surface area contributed by atoms with Gasteiger partial charge in [-0.3, -0.25) is 4.79 Å². The van der Waals surface area contributed by atoms with E-state index in [9.17, 15) is 4.79 Å². The Morgan fingerprint density at radius 3 is 2.69 bits per heavy atom. The number of hydrogen-bond donors (Lipinski definition) is 0. The van der Waals surface area contributed by atoms with Crippen LogP contribution in [-0.4, -0.2) is 34.7 Å². The largest absolute Gasteiger partial charge is 0.481 e. The highest BCUT2D eigenvalue weighted by Crippen LogP contribution is 2.32. The third kappa shape index (κ3) is 5.33. The monoisotopic (exact) mass is 434 g/mol. The molecule has 1 aromatic carbocycles. The van der Waals surface area contributed by atoms with E-state index in [4.69, 9.17) is 9.15 Å². The quantitative estimate of drug-likeness (QED) is 0.418. The summed E-state index contributed by atoms with van der Waals surface area (Å²) in [6.07, 6.45) is 8.53. The van der Waals surface area contributed by atoms with Crippen molar-refractivity contribution in [2.75, 3.05) is 18.6 Å². The summed E-state index contributed by atoms with van der Waals surface area (Å²) in [6.45, 7) is 2.51. The fourth-order valence-electron chi connectivity index (χ4n) is 3.96. The van der Waals surface area contributed by atoms with E-state index in [-0.39, 0.29) is 11.8 Å². The van der Waals surface area contributed by atoms with Gasteiger partial charge in [-0.05, 0) is 55.0 Å². The second-order valence-corrected chi connectivity index (χ2v) is 8.28. The zero-order chi connectivity index (χ0) is 22.3. The zero-order valence-electron chi connectivity index (χ0n) is 18.8. The number of aromatic nitrogens is 3. The van der Waals surface area contributed by atoms with E-state index in [1.807, 2.05) is 29.2 Å². The van der Waals surface area contributed by atoms with Crippen LogP contribution in [0.2, 0.25) is 0 Å². The molecule has 1 aliphatic carbocycles. The Balaban J connectivity index is 1.44. The minimum Gasteiger partial charge on any atom is -0.481 e. The number of carbonyl (C=O) groups is 1. The highest BCUT2D eigenvalue weighted by molar-refractivity contribution is 5.96. The van der Waals surface area contributed by atoms with Crippen molar-refractivity contribution >= 4 is 11.6 Å². The van der Waals surface area contributed by atoms with E-state index in [0.29, 0.717) is 24.2 Å². The van der Waals surface area contributed by atoms with Crippen LogP contribution in [0.1, 0.15) is 50.3 Å². The lowest BCUT2D eigenvalue weighted by Crippen LogP contribution is -2.39. The van der Waals surface area contributed by atoms with Crippen LogP contribution in [0.25, 0.3) is 11.1 Å². The number of carbonyl (C=O) groups excluding carboxylic acids is 1. The first-order valence-corrected chi connectivity index (χ1v) is 11.3. The molecule has 0 unspecified atom stereocenters. The topological polar surface area (TPSA) is 81.4 Å². The van der Waals surface area contributed by atoms with Crippen molar-refractivity contribution in [3.8, 4) is 17.0 Å². The second-order valence-electron chi connectivity index (χ2n) is 8.28. The van der Waals surface area contributed by atoms with Gasteiger partial charge < -0.3 is 14.1 Å². The van der Waals surface area contributed by atoms with Crippen molar-refractivity contribution in [3.63, 3.8) is 0 Å². The minimum atomic E-state index is 0.154. The van der Waals surface area contributed by atoms with Gasteiger partial charge in [0.1, 0.15) is 0 Å². The molecule has 7 heteroatoms. The molecule has 32 heavy (non-hydrogen) atoms. The molecule has 7 nitrogen and oxygen atoms in total. The lowest BCUT2D eigenvalue weighted by atomic mass is 9.84. The summed E-state index contributed by atoms with van der Waals surface area (Å²) in [5, 5.41) is 7.93. The Morgan fingerprint density at radius 1 is 1.12 bits per heavy atom. The Morgan fingerprint density at radius 2 is 1.97 bits per heavy atom. The number of rotatable bonds is 10. The van der Waals surface area contributed by atoms with Crippen LogP contribution in [0.5, 0.6) is 5.88 Å². The number of anilines is 1. The molecule has 4 rings (SSSR count). The molecule has 0 aliphatic heterocycles. The molecule has 1 aliphatic rings. The molecule has 0 saturated heterocycles. The SMILES string of the molecule is COc1cc(-c2cccc(N(CCCCCc3nnc(C)o3)C(=O)C3CCC3)c2)ccn1. The van der Waals surface area contributed by atoms with E-state index in [0.717, 1.165) is 61.8 Å². The number of nitrogens with zero attached hydrogens (tertiary/aromatic N) is 4. The molecular formula is C25H30N4O3. The van der Waals surface area contributed by atoms with Gasteiger partial charge in [0, 0.05) is 43.8 Å². The zero-order valence-corrected chi connectivity index (χ0v) is 18.8. The molecule has 168 valence electrons. The van der Waals surface area contributed by atoms with Crippen LogP contribution < -0.4 is 9.64 Å². The molecule has 3 aromatic rings. The first-order valence-electron chi connectivity index (χ1n) is 11.3. The summed E-state index contributed by atoms with van der Waals surface area (Å²) in [5.41, 5.74) is 3.01. The smallest absolute Gasteiger partial charge is 0.230 e. The first kappa shape index (κ1) is 22.0. The Hall–Kier alpha value is -3.22. The summed E-state index contributed by atoms with van der Waals surface area (Å²) in [6, 6.07) is 12.1. The Labute approximate surface area is 188 Å². The van der Waals surface area contributed by atoms with Gasteiger partial charge in [-0.1, -0.05) is 25.0 Å². The highest BCUT2D eigenvalue weighted by atomic mass is 16.5. The summed E-state index contributed by atoms with van der Waals surface area (Å²) in [4.78, 5) is 19.4. The Kier molecular flexibility index (Phi) is 7.14. The molecular weight excluding hydrogens is 404 g/mol. The fourth-order valence-corrected chi connectivity index (χ4v) is 3.96. The number of pyridine rings is 1. The van der Waals surface area contributed by atoms with Crippen molar-refractivity contribution in [1.29, 1.82) is 0 Å². The van der Waals surface area contributed by atoms with Crippen molar-refractivity contribution < 1.29 is 13.9 Å². The normalized spacial score (nSPS) is 13.6. The van der Waals surface area contributed by atoms with Crippen LogP contribution in [0.3, 0.4) is 0 Å². The maximum atomic E-state index is 13.2.